The van der Waals surface area contributed by atoms with Crippen LogP contribution in [-0.2, 0) is 11.3 Å². The fraction of sp³-hybridized carbons (Fsp3) is 0.778. The van der Waals surface area contributed by atoms with Crippen molar-refractivity contribution >= 4 is 0 Å². The van der Waals surface area contributed by atoms with E-state index < -0.39 is 0 Å². The molecule has 1 heterocycles. The standard InChI is InChI=1S/C9H14N2O2/c1-7-10-9(13-11-7)6-12-8-4-2-3-5-8/h8H,2-6H2,1H3. The third kappa shape index (κ3) is 2.28. The van der Waals surface area contributed by atoms with Gasteiger partial charge in [0.1, 0.15) is 6.61 Å². The molecule has 0 N–H and O–H groups in total. The molecule has 0 radical (unpaired) electrons. The molecule has 1 saturated carbocycles. The van der Waals surface area contributed by atoms with Crippen LogP contribution in [-0.4, -0.2) is 16.2 Å². The number of rotatable bonds is 3. The number of hydrogen-bond acceptors (Lipinski definition) is 4. The lowest BCUT2D eigenvalue weighted by Gasteiger charge is -2.07. The zero-order chi connectivity index (χ0) is 9.10. The summed E-state index contributed by atoms with van der Waals surface area (Å²) < 4.78 is 10.5. The predicted molar refractivity (Wildman–Crippen MR) is 46.1 cm³/mol. The fourth-order valence-corrected chi connectivity index (χ4v) is 1.64. The van der Waals surface area contributed by atoms with Crippen molar-refractivity contribution in [1.29, 1.82) is 0 Å². The summed E-state index contributed by atoms with van der Waals surface area (Å²) in [6.45, 7) is 2.27. The first-order chi connectivity index (χ1) is 6.34. The summed E-state index contributed by atoms with van der Waals surface area (Å²) in [4.78, 5) is 4.07. The number of nitrogens with zero attached hydrogens (tertiary/aromatic N) is 2. The molecule has 0 spiro atoms. The van der Waals surface area contributed by atoms with Gasteiger partial charge in [-0.1, -0.05) is 18.0 Å². The van der Waals surface area contributed by atoms with Gasteiger partial charge in [-0.3, -0.25) is 0 Å². The quantitative estimate of drug-likeness (QED) is 0.715. The SMILES string of the molecule is Cc1noc(COC2CCCC2)n1. The molecule has 2 rings (SSSR count). The highest BCUT2D eigenvalue weighted by atomic mass is 16.5. The minimum atomic E-state index is 0.409. The maximum absolute atomic E-state index is 5.61. The van der Waals surface area contributed by atoms with Gasteiger partial charge in [0.05, 0.1) is 6.10 Å². The summed E-state index contributed by atoms with van der Waals surface area (Å²) in [7, 11) is 0. The van der Waals surface area contributed by atoms with Crippen molar-refractivity contribution in [3.8, 4) is 0 Å². The normalized spacial score (nSPS) is 18.2. The topological polar surface area (TPSA) is 48.2 Å². The Morgan fingerprint density at radius 2 is 2.23 bits per heavy atom. The summed E-state index contributed by atoms with van der Waals surface area (Å²) in [6.07, 6.45) is 5.33. The van der Waals surface area contributed by atoms with Crippen LogP contribution < -0.4 is 0 Å². The van der Waals surface area contributed by atoms with E-state index in [1.807, 2.05) is 6.92 Å². The van der Waals surface area contributed by atoms with Crippen molar-refractivity contribution in [1.82, 2.24) is 10.1 Å². The van der Waals surface area contributed by atoms with Crippen LogP contribution in [0.25, 0.3) is 0 Å². The van der Waals surface area contributed by atoms with Crippen molar-refractivity contribution in [2.45, 2.75) is 45.3 Å². The lowest BCUT2D eigenvalue weighted by Crippen LogP contribution is -2.07. The summed E-state index contributed by atoms with van der Waals surface area (Å²) in [5.41, 5.74) is 0. The lowest BCUT2D eigenvalue weighted by atomic mass is 10.3. The first-order valence-corrected chi connectivity index (χ1v) is 4.75. The molecule has 1 fully saturated rings. The monoisotopic (exact) mass is 182 g/mol. The van der Waals surface area contributed by atoms with E-state index in [0.29, 0.717) is 24.4 Å². The molecule has 0 aliphatic heterocycles. The minimum absolute atomic E-state index is 0.409. The van der Waals surface area contributed by atoms with E-state index in [4.69, 9.17) is 9.26 Å². The Balaban J connectivity index is 1.78. The summed E-state index contributed by atoms with van der Waals surface area (Å²) in [5, 5.41) is 3.70. The molecule has 0 saturated heterocycles. The first kappa shape index (κ1) is 8.69. The highest BCUT2D eigenvalue weighted by Crippen LogP contribution is 2.21. The molecular formula is C9H14N2O2. The second-order valence-electron chi connectivity index (χ2n) is 3.45. The van der Waals surface area contributed by atoms with E-state index in [1.54, 1.807) is 0 Å². The molecule has 0 bridgehead atoms. The Bertz CT molecular complexity index is 266. The van der Waals surface area contributed by atoms with Crippen LogP contribution in [0.3, 0.4) is 0 Å². The smallest absolute Gasteiger partial charge is 0.252 e. The zero-order valence-corrected chi connectivity index (χ0v) is 7.82. The molecule has 0 aromatic carbocycles. The van der Waals surface area contributed by atoms with E-state index in [1.165, 1.54) is 25.7 Å². The number of aryl methyl sites for hydroxylation is 1. The van der Waals surface area contributed by atoms with Crippen LogP contribution in [0.2, 0.25) is 0 Å². The van der Waals surface area contributed by atoms with Crippen molar-refractivity contribution in [3.05, 3.63) is 11.7 Å². The van der Waals surface area contributed by atoms with Gasteiger partial charge in [0.15, 0.2) is 5.82 Å². The Kier molecular flexibility index (Phi) is 2.59. The number of hydrogen-bond donors (Lipinski definition) is 0. The Morgan fingerprint density at radius 3 is 2.85 bits per heavy atom. The second kappa shape index (κ2) is 3.87. The Morgan fingerprint density at radius 1 is 1.46 bits per heavy atom. The van der Waals surface area contributed by atoms with E-state index in [2.05, 4.69) is 10.1 Å². The van der Waals surface area contributed by atoms with Crippen LogP contribution in [0.15, 0.2) is 4.52 Å². The molecule has 13 heavy (non-hydrogen) atoms. The molecule has 1 aromatic rings. The summed E-state index contributed by atoms with van der Waals surface area (Å²) in [5.74, 6) is 1.26. The maximum Gasteiger partial charge on any atom is 0.252 e. The Hall–Kier alpha value is -0.900. The summed E-state index contributed by atoms with van der Waals surface area (Å²) >= 11 is 0. The van der Waals surface area contributed by atoms with E-state index in [0.717, 1.165) is 0 Å². The molecule has 1 aliphatic carbocycles. The van der Waals surface area contributed by atoms with Crippen molar-refractivity contribution in [2.24, 2.45) is 0 Å². The third-order valence-electron chi connectivity index (χ3n) is 2.31. The minimum Gasteiger partial charge on any atom is -0.368 e. The van der Waals surface area contributed by atoms with Gasteiger partial charge in [-0.25, -0.2) is 0 Å². The largest absolute Gasteiger partial charge is 0.368 e. The van der Waals surface area contributed by atoms with Gasteiger partial charge in [-0.05, 0) is 19.8 Å². The average molecular weight is 182 g/mol. The van der Waals surface area contributed by atoms with Crippen molar-refractivity contribution in [2.75, 3.05) is 0 Å². The molecular weight excluding hydrogens is 168 g/mol. The van der Waals surface area contributed by atoms with Crippen LogP contribution in [0, 0.1) is 6.92 Å². The second-order valence-corrected chi connectivity index (χ2v) is 3.45. The first-order valence-electron chi connectivity index (χ1n) is 4.75. The van der Waals surface area contributed by atoms with Gasteiger partial charge in [-0.2, -0.15) is 4.98 Å². The summed E-state index contributed by atoms with van der Waals surface area (Å²) in [6, 6.07) is 0. The average Bonchev–Trinajstić information content (AvgIpc) is 2.71. The molecule has 0 amide bonds. The van der Waals surface area contributed by atoms with Gasteiger partial charge in [0.25, 0.3) is 5.89 Å². The number of ether oxygens (including phenoxy) is 1. The van der Waals surface area contributed by atoms with Crippen molar-refractivity contribution in [3.63, 3.8) is 0 Å². The zero-order valence-electron chi connectivity index (χ0n) is 7.82. The Labute approximate surface area is 77.3 Å². The molecule has 4 nitrogen and oxygen atoms in total. The van der Waals surface area contributed by atoms with Gasteiger partial charge in [0, 0.05) is 0 Å². The van der Waals surface area contributed by atoms with E-state index >= 15 is 0 Å². The van der Waals surface area contributed by atoms with Crippen LogP contribution >= 0.6 is 0 Å². The van der Waals surface area contributed by atoms with Crippen LogP contribution in [0.5, 0.6) is 0 Å². The van der Waals surface area contributed by atoms with Gasteiger partial charge in [-0.15, -0.1) is 0 Å². The van der Waals surface area contributed by atoms with E-state index in [9.17, 15) is 0 Å². The number of aromatic nitrogens is 2. The van der Waals surface area contributed by atoms with Gasteiger partial charge in [0.2, 0.25) is 0 Å². The predicted octanol–water partition coefficient (Wildman–Crippen LogP) is 1.84. The molecule has 1 aliphatic rings. The molecule has 72 valence electrons. The highest BCUT2D eigenvalue weighted by molar-refractivity contribution is 4.80. The van der Waals surface area contributed by atoms with Crippen LogP contribution in [0.1, 0.15) is 37.4 Å². The van der Waals surface area contributed by atoms with Gasteiger partial charge < -0.3 is 9.26 Å². The van der Waals surface area contributed by atoms with Gasteiger partial charge >= 0.3 is 0 Å². The molecule has 1 aromatic heterocycles. The molecule has 0 atom stereocenters. The molecule has 0 unspecified atom stereocenters. The molecule has 4 heteroatoms. The van der Waals surface area contributed by atoms with Crippen LogP contribution in [0.4, 0.5) is 0 Å². The highest BCUT2D eigenvalue weighted by Gasteiger charge is 2.16. The lowest BCUT2D eigenvalue weighted by molar-refractivity contribution is 0.0305. The maximum atomic E-state index is 5.61. The fourth-order valence-electron chi connectivity index (χ4n) is 1.64. The van der Waals surface area contributed by atoms with E-state index in [-0.39, 0.29) is 0 Å². The van der Waals surface area contributed by atoms with Crippen molar-refractivity contribution < 1.29 is 9.26 Å². The third-order valence-corrected chi connectivity index (χ3v) is 2.31.